The van der Waals surface area contributed by atoms with E-state index in [4.69, 9.17) is 18.9 Å². The van der Waals surface area contributed by atoms with Crippen LogP contribution in [0, 0.1) is 0 Å². The lowest BCUT2D eigenvalue weighted by atomic mass is 10.1. The zero-order chi connectivity index (χ0) is 14.7. The van der Waals surface area contributed by atoms with E-state index in [0.29, 0.717) is 28.7 Å². The number of carbonyl (C=O) groups excluding carboxylic acids is 1. The third kappa shape index (κ3) is 2.59. The molecule has 6 heteroatoms. The van der Waals surface area contributed by atoms with E-state index in [0.717, 1.165) is 0 Å². The molecule has 0 radical (unpaired) electrons. The van der Waals surface area contributed by atoms with Crippen LogP contribution < -0.4 is 14.2 Å². The fraction of sp³-hybridized carbons (Fsp3) is 0.286. The number of methoxy groups -OCH3 is 3. The molecule has 0 fully saturated rings. The highest BCUT2D eigenvalue weighted by atomic mass is 16.6. The lowest BCUT2D eigenvalue weighted by Crippen LogP contribution is -2.00. The lowest BCUT2D eigenvalue weighted by molar-refractivity contribution is -0.130. The van der Waals surface area contributed by atoms with Crippen LogP contribution in [0.25, 0.3) is 6.08 Å². The molecule has 0 spiro atoms. The largest absolute Gasteiger partial charge is 0.496 e. The van der Waals surface area contributed by atoms with Gasteiger partial charge in [0.2, 0.25) is 0 Å². The Morgan fingerprint density at radius 2 is 1.65 bits per heavy atom. The molecule has 0 atom stereocenters. The Hall–Kier alpha value is -2.50. The van der Waals surface area contributed by atoms with Crippen molar-refractivity contribution in [2.75, 3.05) is 21.3 Å². The molecule has 0 amide bonds. The van der Waals surface area contributed by atoms with Gasteiger partial charge in [0.1, 0.15) is 5.75 Å². The van der Waals surface area contributed by atoms with Gasteiger partial charge < -0.3 is 18.9 Å². The van der Waals surface area contributed by atoms with Crippen LogP contribution in [0.3, 0.4) is 0 Å². The Labute approximate surface area is 116 Å². The summed E-state index contributed by atoms with van der Waals surface area (Å²) >= 11 is 0. The topological polar surface area (TPSA) is 66.3 Å². The predicted octanol–water partition coefficient (Wildman–Crippen LogP) is 2.03. The average Bonchev–Trinajstić information content (AvgIpc) is 2.76. The first-order valence-corrected chi connectivity index (χ1v) is 5.88. The predicted molar refractivity (Wildman–Crippen MR) is 73.3 cm³/mol. The second kappa shape index (κ2) is 5.64. The fourth-order valence-electron chi connectivity index (χ4n) is 1.83. The number of esters is 1. The minimum atomic E-state index is -0.487. The number of benzene rings is 1. The van der Waals surface area contributed by atoms with Gasteiger partial charge in [0.15, 0.2) is 23.1 Å². The van der Waals surface area contributed by atoms with Gasteiger partial charge in [-0.1, -0.05) is 0 Å². The van der Waals surface area contributed by atoms with Crippen molar-refractivity contribution in [2.45, 2.75) is 6.92 Å². The van der Waals surface area contributed by atoms with E-state index in [1.54, 1.807) is 25.1 Å². The zero-order valence-electron chi connectivity index (χ0n) is 11.7. The van der Waals surface area contributed by atoms with E-state index in [9.17, 15) is 4.79 Å². The molecule has 0 saturated carbocycles. The SMILES string of the molecule is COc1cc(OC)c(OC)cc1/C=C1/N=C(C)OC1=O. The average molecular weight is 277 g/mol. The maximum atomic E-state index is 11.6. The minimum Gasteiger partial charge on any atom is -0.496 e. The van der Waals surface area contributed by atoms with Crippen LogP contribution in [0.15, 0.2) is 22.8 Å². The molecular formula is C14H15NO5. The zero-order valence-corrected chi connectivity index (χ0v) is 11.7. The third-order valence-corrected chi connectivity index (χ3v) is 2.76. The van der Waals surface area contributed by atoms with Crippen LogP contribution in [0.5, 0.6) is 17.2 Å². The number of nitrogens with zero attached hydrogens (tertiary/aromatic N) is 1. The summed E-state index contributed by atoms with van der Waals surface area (Å²) in [6.07, 6.45) is 1.58. The molecule has 106 valence electrons. The Bertz CT molecular complexity index is 604. The molecule has 0 saturated heterocycles. The van der Waals surface area contributed by atoms with Crippen molar-refractivity contribution < 1.29 is 23.7 Å². The van der Waals surface area contributed by atoms with Gasteiger partial charge >= 0.3 is 5.97 Å². The van der Waals surface area contributed by atoms with E-state index in [2.05, 4.69) is 4.99 Å². The van der Waals surface area contributed by atoms with Crippen LogP contribution in [0.1, 0.15) is 12.5 Å². The second-order valence-corrected chi connectivity index (χ2v) is 4.00. The molecule has 20 heavy (non-hydrogen) atoms. The quantitative estimate of drug-likeness (QED) is 0.622. The Kier molecular flexibility index (Phi) is 3.93. The minimum absolute atomic E-state index is 0.216. The van der Waals surface area contributed by atoms with Crippen molar-refractivity contribution in [3.8, 4) is 17.2 Å². The van der Waals surface area contributed by atoms with Crippen molar-refractivity contribution >= 4 is 17.9 Å². The normalized spacial score (nSPS) is 15.9. The van der Waals surface area contributed by atoms with Crippen molar-refractivity contribution in [1.29, 1.82) is 0 Å². The van der Waals surface area contributed by atoms with E-state index in [1.165, 1.54) is 21.3 Å². The highest BCUT2D eigenvalue weighted by Crippen LogP contribution is 2.36. The molecule has 6 nitrogen and oxygen atoms in total. The van der Waals surface area contributed by atoms with Crippen LogP contribution in [-0.2, 0) is 9.53 Å². The highest BCUT2D eigenvalue weighted by molar-refractivity contribution is 6.06. The van der Waals surface area contributed by atoms with Crippen LogP contribution in [0.2, 0.25) is 0 Å². The smallest absolute Gasteiger partial charge is 0.363 e. The van der Waals surface area contributed by atoms with Crippen LogP contribution >= 0.6 is 0 Å². The Morgan fingerprint density at radius 1 is 1.05 bits per heavy atom. The molecule has 0 bridgehead atoms. The Balaban J connectivity index is 2.51. The number of cyclic esters (lactones) is 1. The van der Waals surface area contributed by atoms with Crippen molar-refractivity contribution in [2.24, 2.45) is 4.99 Å². The van der Waals surface area contributed by atoms with Gasteiger partial charge in [0, 0.05) is 18.6 Å². The summed E-state index contributed by atoms with van der Waals surface area (Å²) in [5, 5.41) is 0. The summed E-state index contributed by atoms with van der Waals surface area (Å²) in [5.41, 5.74) is 0.864. The monoisotopic (exact) mass is 277 g/mol. The summed E-state index contributed by atoms with van der Waals surface area (Å²) in [6.45, 7) is 1.62. The van der Waals surface area contributed by atoms with E-state index in [-0.39, 0.29) is 5.70 Å². The number of ether oxygens (including phenoxy) is 4. The molecule has 2 rings (SSSR count). The molecule has 0 aromatic heterocycles. The van der Waals surface area contributed by atoms with Gasteiger partial charge in [0.25, 0.3) is 0 Å². The van der Waals surface area contributed by atoms with Gasteiger partial charge in [-0.05, 0) is 12.1 Å². The fourth-order valence-corrected chi connectivity index (χ4v) is 1.83. The van der Waals surface area contributed by atoms with Gasteiger partial charge in [-0.2, -0.15) is 0 Å². The van der Waals surface area contributed by atoms with Crippen LogP contribution in [-0.4, -0.2) is 33.2 Å². The molecule has 0 N–H and O–H groups in total. The maximum absolute atomic E-state index is 11.6. The van der Waals surface area contributed by atoms with E-state index >= 15 is 0 Å². The van der Waals surface area contributed by atoms with Crippen molar-refractivity contribution in [3.05, 3.63) is 23.4 Å². The first-order valence-electron chi connectivity index (χ1n) is 5.88. The molecule has 1 heterocycles. The first kappa shape index (κ1) is 13.9. The molecule has 0 aliphatic carbocycles. The van der Waals surface area contributed by atoms with Gasteiger partial charge in [-0.3, -0.25) is 0 Å². The molecule has 0 unspecified atom stereocenters. The standard InChI is InChI=1S/C14H15NO5/c1-8-15-10(14(16)20-8)5-9-6-12(18-3)13(19-4)7-11(9)17-2/h5-7H,1-4H3/b10-5+. The number of hydrogen-bond acceptors (Lipinski definition) is 6. The molecule has 1 aliphatic rings. The van der Waals surface area contributed by atoms with Crippen molar-refractivity contribution in [1.82, 2.24) is 0 Å². The maximum Gasteiger partial charge on any atom is 0.363 e. The number of aliphatic imine (C=N–C) groups is 1. The van der Waals surface area contributed by atoms with Gasteiger partial charge in [0.05, 0.1) is 21.3 Å². The highest BCUT2D eigenvalue weighted by Gasteiger charge is 2.21. The summed E-state index contributed by atoms with van der Waals surface area (Å²) in [6, 6.07) is 3.39. The third-order valence-electron chi connectivity index (χ3n) is 2.76. The van der Waals surface area contributed by atoms with E-state index in [1.807, 2.05) is 0 Å². The molecule has 1 aliphatic heterocycles. The van der Waals surface area contributed by atoms with Gasteiger partial charge in [-0.25, -0.2) is 9.79 Å². The molecule has 1 aromatic carbocycles. The number of rotatable bonds is 4. The Morgan fingerprint density at radius 3 is 2.15 bits per heavy atom. The van der Waals surface area contributed by atoms with Crippen molar-refractivity contribution in [3.63, 3.8) is 0 Å². The summed E-state index contributed by atoms with van der Waals surface area (Å²) in [5.74, 6) is 1.45. The second-order valence-electron chi connectivity index (χ2n) is 4.00. The number of carbonyl (C=O) groups is 1. The van der Waals surface area contributed by atoms with Crippen LogP contribution in [0.4, 0.5) is 0 Å². The first-order chi connectivity index (χ1) is 9.58. The van der Waals surface area contributed by atoms with E-state index < -0.39 is 5.97 Å². The van der Waals surface area contributed by atoms with Gasteiger partial charge in [-0.15, -0.1) is 0 Å². The summed E-state index contributed by atoms with van der Waals surface area (Å²) in [4.78, 5) is 15.6. The molecular weight excluding hydrogens is 262 g/mol. The number of hydrogen-bond donors (Lipinski definition) is 0. The summed E-state index contributed by atoms with van der Waals surface area (Å²) in [7, 11) is 4.61. The summed E-state index contributed by atoms with van der Waals surface area (Å²) < 4.78 is 20.6. The molecule has 1 aromatic rings. The lowest BCUT2D eigenvalue weighted by Gasteiger charge is -2.12.